The van der Waals surface area contributed by atoms with Gasteiger partial charge in [-0.2, -0.15) is 0 Å². The highest BCUT2D eigenvalue weighted by atomic mass is 35.5. The van der Waals surface area contributed by atoms with Crippen LogP contribution >= 0.6 is 11.6 Å². The molecule has 1 heterocycles. The third-order valence-electron chi connectivity index (χ3n) is 2.53. The molecule has 1 aromatic carbocycles. The van der Waals surface area contributed by atoms with Crippen LogP contribution < -0.4 is 4.90 Å². The summed E-state index contributed by atoms with van der Waals surface area (Å²) in [4.78, 5) is 11.8. The minimum absolute atomic E-state index is 0.221. The number of hydrogen-bond donors (Lipinski definition) is 0. The maximum atomic E-state index is 13.4. The second kappa shape index (κ2) is 4.38. The van der Waals surface area contributed by atoms with Crippen LogP contribution in [0.2, 0.25) is 0 Å². The average molecular weight is 286 g/mol. The first-order valence-corrected chi connectivity index (χ1v) is 5.24. The number of benzene rings is 1. The van der Waals surface area contributed by atoms with Gasteiger partial charge in [0.2, 0.25) is 11.7 Å². The lowest BCUT2D eigenvalue weighted by Gasteiger charge is -2.18. The van der Waals surface area contributed by atoms with Gasteiger partial charge < -0.3 is 4.90 Å². The topological polar surface area (TPSA) is 20.3 Å². The molecular weight excluding hydrogens is 281 g/mol. The second-order valence-corrected chi connectivity index (χ2v) is 4.34. The van der Waals surface area contributed by atoms with Gasteiger partial charge in [0.1, 0.15) is 5.69 Å². The van der Waals surface area contributed by atoms with E-state index in [-0.39, 0.29) is 13.0 Å². The molecule has 0 aromatic heterocycles. The Bertz CT molecular complexity index is 506. The molecule has 0 bridgehead atoms. The molecule has 1 fully saturated rings. The van der Waals surface area contributed by atoms with Gasteiger partial charge in [0, 0.05) is 13.0 Å². The van der Waals surface area contributed by atoms with Crippen molar-refractivity contribution < 1.29 is 26.7 Å². The van der Waals surface area contributed by atoms with Crippen molar-refractivity contribution in [3.63, 3.8) is 0 Å². The zero-order chi connectivity index (χ0) is 13.6. The maximum Gasteiger partial charge on any atom is 0.228 e. The Labute approximate surface area is 103 Å². The van der Waals surface area contributed by atoms with Crippen molar-refractivity contribution in [2.24, 2.45) is 0 Å². The van der Waals surface area contributed by atoms with E-state index in [0.29, 0.717) is 4.90 Å². The van der Waals surface area contributed by atoms with E-state index in [0.717, 1.165) is 0 Å². The van der Waals surface area contributed by atoms with Gasteiger partial charge in [-0.3, -0.25) is 4.79 Å². The molecule has 1 atom stereocenters. The lowest BCUT2D eigenvalue weighted by Crippen LogP contribution is -2.28. The highest BCUT2D eigenvalue weighted by molar-refractivity contribution is 6.24. The normalized spacial score (nSPS) is 19.8. The first kappa shape index (κ1) is 13.1. The lowest BCUT2D eigenvalue weighted by molar-refractivity contribution is -0.117. The largest absolute Gasteiger partial charge is 0.306 e. The summed E-state index contributed by atoms with van der Waals surface area (Å²) in [6.45, 7) is -0.307. The van der Waals surface area contributed by atoms with Gasteiger partial charge in [-0.25, -0.2) is 22.0 Å². The summed E-state index contributed by atoms with van der Waals surface area (Å²) in [7, 11) is 0. The van der Waals surface area contributed by atoms with E-state index in [1.54, 1.807) is 0 Å². The van der Waals surface area contributed by atoms with Gasteiger partial charge in [0.15, 0.2) is 23.3 Å². The van der Waals surface area contributed by atoms with Crippen molar-refractivity contribution in [3.8, 4) is 0 Å². The molecule has 0 spiro atoms. The molecule has 1 amide bonds. The predicted molar refractivity (Wildman–Crippen MR) is 52.8 cm³/mol. The van der Waals surface area contributed by atoms with Crippen LogP contribution in [-0.4, -0.2) is 17.8 Å². The minimum atomic E-state index is -2.26. The van der Waals surface area contributed by atoms with E-state index in [1.807, 2.05) is 0 Å². The van der Waals surface area contributed by atoms with Crippen molar-refractivity contribution >= 4 is 23.2 Å². The zero-order valence-electron chi connectivity index (χ0n) is 8.61. The fraction of sp³-hybridized carbons (Fsp3) is 0.300. The first-order chi connectivity index (χ1) is 8.34. The smallest absolute Gasteiger partial charge is 0.228 e. The van der Waals surface area contributed by atoms with Gasteiger partial charge in [-0.15, -0.1) is 11.6 Å². The number of nitrogens with zero attached hydrogens (tertiary/aromatic N) is 1. The molecule has 0 radical (unpaired) electrons. The number of carbonyl (C=O) groups excluding carboxylic acids is 1. The molecule has 8 heteroatoms. The van der Waals surface area contributed by atoms with Gasteiger partial charge in [0.05, 0.1) is 5.38 Å². The molecule has 0 saturated carbocycles. The van der Waals surface area contributed by atoms with Crippen LogP contribution in [0.3, 0.4) is 0 Å². The van der Waals surface area contributed by atoms with Gasteiger partial charge in [-0.1, -0.05) is 0 Å². The fourth-order valence-electron chi connectivity index (χ4n) is 1.71. The van der Waals surface area contributed by atoms with Crippen LogP contribution in [0.15, 0.2) is 0 Å². The molecular formula is C10H5ClF5NO. The standard InChI is InChI=1S/C10H5ClF5NO/c11-3-1-4(18)17(2-3)10-8(15)6(13)5(12)7(14)9(10)16/h3H,1-2H2. The average Bonchev–Trinajstić information content (AvgIpc) is 2.64. The van der Waals surface area contributed by atoms with E-state index in [1.165, 1.54) is 0 Å². The Morgan fingerprint density at radius 1 is 0.944 bits per heavy atom. The van der Waals surface area contributed by atoms with Gasteiger partial charge >= 0.3 is 0 Å². The van der Waals surface area contributed by atoms with Crippen molar-refractivity contribution in [2.45, 2.75) is 11.8 Å². The van der Waals surface area contributed by atoms with Gasteiger partial charge in [-0.05, 0) is 0 Å². The molecule has 98 valence electrons. The molecule has 1 unspecified atom stereocenters. The van der Waals surface area contributed by atoms with E-state index in [9.17, 15) is 26.7 Å². The fourth-order valence-corrected chi connectivity index (χ4v) is 1.98. The lowest BCUT2D eigenvalue weighted by atomic mass is 10.2. The molecule has 1 aliphatic heterocycles. The number of alkyl halides is 1. The molecule has 18 heavy (non-hydrogen) atoms. The van der Waals surface area contributed by atoms with Crippen LogP contribution in [0.1, 0.15) is 6.42 Å². The summed E-state index contributed by atoms with van der Waals surface area (Å²) < 4.78 is 65.5. The van der Waals surface area contributed by atoms with Crippen LogP contribution in [-0.2, 0) is 4.79 Å². The molecule has 0 aliphatic carbocycles. The second-order valence-electron chi connectivity index (χ2n) is 3.72. The summed E-state index contributed by atoms with van der Waals surface area (Å²) in [5.74, 6) is -11.3. The summed E-state index contributed by atoms with van der Waals surface area (Å²) in [5.41, 5.74) is -1.25. The van der Waals surface area contributed by atoms with Crippen molar-refractivity contribution in [2.75, 3.05) is 11.4 Å². The third kappa shape index (κ3) is 1.82. The van der Waals surface area contributed by atoms with Crippen LogP contribution in [0.5, 0.6) is 0 Å². The third-order valence-corrected chi connectivity index (χ3v) is 2.83. The highest BCUT2D eigenvalue weighted by Gasteiger charge is 2.36. The van der Waals surface area contributed by atoms with E-state index < -0.39 is 46.1 Å². The van der Waals surface area contributed by atoms with Crippen LogP contribution in [0.25, 0.3) is 0 Å². The SMILES string of the molecule is O=C1CC(Cl)CN1c1c(F)c(F)c(F)c(F)c1F. The predicted octanol–water partition coefficient (Wildman–Crippen LogP) is 2.73. The van der Waals surface area contributed by atoms with Crippen LogP contribution in [0.4, 0.5) is 27.6 Å². The summed E-state index contributed by atoms with van der Waals surface area (Å²) in [6, 6.07) is 0. The number of amides is 1. The minimum Gasteiger partial charge on any atom is -0.306 e. The highest BCUT2D eigenvalue weighted by Crippen LogP contribution is 2.33. The Morgan fingerprint density at radius 3 is 1.78 bits per heavy atom. The van der Waals surface area contributed by atoms with Crippen molar-refractivity contribution in [1.82, 2.24) is 0 Å². The zero-order valence-corrected chi connectivity index (χ0v) is 9.37. The maximum absolute atomic E-state index is 13.4. The Hall–Kier alpha value is -1.37. The van der Waals surface area contributed by atoms with Gasteiger partial charge in [0.25, 0.3) is 0 Å². The van der Waals surface area contributed by atoms with E-state index >= 15 is 0 Å². The summed E-state index contributed by atoms with van der Waals surface area (Å²) in [5, 5.41) is -0.729. The number of anilines is 1. The molecule has 1 saturated heterocycles. The Kier molecular flexibility index (Phi) is 3.18. The number of hydrogen-bond acceptors (Lipinski definition) is 1. The molecule has 2 rings (SSSR count). The Morgan fingerprint density at radius 2 is 1.39 bits per heavy atom. The van der Waals surface area contributed by atoms with Crippen molar-refractivity contribution in [1.29, 1.82) is 0 Å². The molecule has 0 N–H and O–H groups in total. The summed E-state index contributed by atoms with van der Waals surface area (Å²) >= 11 is 5.60. The number of carbonyl (C=O) groups is 1. The molecule has 2 nitrogen and oxygen atoms in total. The van der Waals surface area contributed by atoms with Crippen LogP contribution in [0, 0.1) is 29.1 Å². The quantitative estimate of drug-likeness (QED) is 0.336. The number of rotatable bonds is 1. The van der Waals surface area contributed by atoms with E-state index in [4.69, 9.17) is 11.6 Å². The molecule has 1 aliphatic rings. The van der Waals surface area contributed by atoms with Crippen molar-refractivity contribution in [3.05, 3.63) is 29.1 Å². The number of halogens is 6. The van der Waals surface area contributed by atoms with E-state index in [2.05, 4.69) is 0 Å². The summed E-state index contributed by atoms with van der Waals surface area (Å²) in [6.07, 6.45) is -0.221. The first-order valence-electron chi connectivity index (χ1n) is 4.80. The Balaban J connectivity index is 2.62. The monoisotopic (exact) mass is 285 g/mol. The molecule has 1 aromatic rings.